The monoisotopic (exact) mass is 444 g/mol. The van der Waals surface area contributed by atoms with Crippen LogP contribution < -0.4 is 10.1 Å². The van der Waals surface area contributed by atoms with Crippen LogP contribution in [0.2, 0.25) is 0 Å². The zero-order chi connectivity index (χ0) is 23.4. The fraction of sp³-hybridized carbons (Fsp3) is 0.269. The van der Waals surface area contributed by atoms with E-state index in [1.165, 1.54) is 0 Å². The first-order valence-electron chi connectivity index (χ1n) is 10.9. The average molecular weight is 445 g/mol. The molecule has 3 aromatic rings. The van der Waals surface area contributed by atoms with E-state index < -0.39 is 6.04 Å². The molecule has 1 N–H and O–H groups in total. The molecule has 4 rings (SSSR count). The molecule has 1 fully saturated rings. The van der Waals surface area contributed by atoms with Crippen LogP contribution in [0.3, 0.4) is 0 Å². The van der Waals surface area contributed by atoms with Gasteiger partial charge in [0.25, 0.3) is 5.91 Å². The molecule has 1 aliphatic heterocycles. The van der Waals surface area contributed by atoms with Crippen molar-refractivity contribution in [3.8, 4) is 16.9 Å². The van der Waals surface area contributed by atoms with E-state index in [-0.39, 0.29) is 11.8 Å². The Morgan fingerprint density at radius 3 is 2.58 bits per heavy atom. The Balaban J connectivity index is 1.70. The number of ether oxygens (including phenoxy) is 1. The minimum Gasteiger partial charge on any atom is -0.496 e. The number of pyridine rings is 1. The van der Waals surface area contributed by atoms with Crippen molar-refractivity contribution in [2.45, 2.75) is 12.5 Å². The predicted octanol–water partition coefficient (Wildman–Crippen LogP) is 3.32. The zero-order valence-electron chi connectivity index (χ0n) is 19.1. The number of nitrogens with zero attached hydrogens (tertiary/aromatic N) is 3. The maximum atomic E-state index is 13.5. The summed E-state index contributed by atoms with van der Waals surface area (Å²) < 4.78 is 5.57. The van der Waals surface area contributed by atoms with E-state index >= 15 is 0 Å². The highest BCUT2D eigenvalue weighted by atomic mass is 16.5. The van der Waals surface area contributed by atoms with Gasteiger partial charge in [-0.1, -0.05) is 42.5 Å². The number of carbonyl (C=O) groups is 2. The summed E-state index contributed by atoms with van der Waals surface area (Å²) in [5, 5.41) is 2.96. The average Bonchev–Trinajstić information content (AvgIpc) is 2.87. The van der Waals surface area contributed by atoms with Crippen LogP contribution in [0.5, 0.6) is 5.75 Å². The van der Waals surface area contributed by atoms with Gasteiger partial charge in [0.1, 0.15) is 17.6 Å². The Hall–Kier alpha value is -3.87. The lowest BCUT2D eigenvalue weighted by atomic mass is 9.92. The van der Waals surface area contributed by atoms with Gasteiger partial charge in [0.15, 0.2) is 0 Å². The van der Waals surface area contributed by atoms with Crippen LogP contribution in [0.4, 0.5) is 5.82 Å². The first-order chi connectivity index (χ1) is 16.0. The van der Waals surface area contributed by atoms with Crippen LogP contribution in [0.25, 0.3) is 11.1 Å². The molecule has 0 spiro atoms. The van der Waals surface area contributed by atoms with Gasteiger partial charge in [-0.15, -0.1) is 0 Å². The number of methoxy groups -OCH3 is 1. The summed E-state index contributed by atoms with van der Waals surface area (Å²) in [5.74, 6) is 1.14. The van der Waals surface area contributed by atoms with Crippen molar-refractivity contribution in [1.29, 1.82) is 0 Å². The summed E-state index contributed by atoms with van der Waals surface area (Å²) in [6, 6.07) is 18.6. The highest BCUT2D eigenvalue weighted by Crippen LogP contribution is 2.33. The lowest BCUT2D eigenvalue weighted by Gasteiger charge is -2.39. The number of carbonyl (C=O) groups excluding carboxylic acids is 2. The van der Waals surface area contributed by atoms with E-state index in [4.69, 9.17) is 4.74 Å². The van der Waals surface area contributed by atoms with Crippen LogP contribution >= 0.6 is 0 Å². The Kier molecular flexibility index (Phi) is 6.58. The van der Waals surface area contributed by atoms with E-state index in [1.54, 1.807) is 49.3 Å². The van der Waals surface area contributed by atoms with Gasteiger partial charge in [0.2, 0.25) is 5.91 Å². The summed E-state index contributed by atoms with van der Waals surface area (Å²) in [6.07, 6.45) is 2.01. The normalized spacial score (nSPS) is 16.0. The minimum absolute atomic E-state index is 0.0627. The maximum Gasteiger partial charge on any atom is 0.254 e. The Bertz CT molecular complexity index is 1160. The van der Waals surface area contributed by atoms with Crippen molar-refractivity contribution in [3.05, 3.63) is 78.0 Å². The number of amides is 2. The fourth-order valence-corrected chi connectivity index (χ4v) is 4.25. The summed E-state index contributed by atoms with van der Waals surface area (Å²) in [6.45, 7) is 0.971. The number of piperazine rings is 1. The molecule has 0 radical (unpaired) electrons. The Morgan fingerprint density at radius 2 is 1.82 bits per heavy atom. The first-order valence-corrected chi connectivity index (χ1v) is 10.9. The maximum absolute atomic E-state index is 13.5. The lowest BCUT2D eigenvalue weighted by molar-refractivity contribution is -0.138. The van der Waals surface area contributed by atoms with Crippen molar-refractivity contribution in [2.75, 3.05) is 39.6 Å². The number of nitrogens with one attached hydrogen (secondary N) is 1. The quantitative estimate of drug-likeness (QED) is 0.631. The van der Waals surface area contributed by atoms with Crippen molar-refractivity contribution >= 4 is 17.6 Å². The second kappa shape index (κ2) is 9.73. The van der Waals surface area contributed by atoms with E-state index in [0.29, 0.717) is 30.9 Å². The van der Waals surface area contributed by atoms with E-state index in [0.717, 1.165) is 22.4 Å². The molecule has 0 unspecified atom stereocenters. The Labute approximate surface area is 194 Å². The second-order valence-electron chi connectivity index (χ2n) is 8.02. The summed E-state index contributed by atoms with van der Waals surface area (Å²) in [5.41, 5.74) is 3.44. The van der Waals surface area contributed by atoms with Gasteiger partial charge in [0, 0.05) is 50.9 Å². The van der Waals surface area contributed by atoms with Crippen LogP contribution in [0, 0.1) is 0 Å². The molecule has 1 atom stereocenters. The van der Waals surface area contributed by atoms with Gasteiger partial charge in [0.05, 0.1) is 7.11 Å². The van der Waals surface area contributed by atoms with Crippen molar-refractivity contribution in [1.82, 2.24) is 14.8 Å². The van der Waals surface area contributed by atoms with Gasteiger partial charge < -0.3 is 19.9 Å². The molecule has 1 saturated heterocycles. The summed E-state index contributed by atoms with van der Waals surface area (Å²) in [7, 11) is 5.19. The molecule has 0 bridgehead atoms. The third kappa shape index (κ3) is 4.53. The number of hydrogen-bond donors (Lipinski definition) is 1. The highest BCUT2D eigenvalue weighted by molar-refractivity contribution is 5.98. The molecule has 170 valence electrons. The summed E-state index contributed by atoms with van der Waals surface area (Å²) in [4.78, 5) is 34.3. The molecule has 2 aromatic carbocycles. The fourth-order valence-electron chi connectivity index (χ4n) is 4.25. The number of para-hydroxylation sites is 1. The first kappa shape index (κ1) is 22.3. The largest absolute Gasteiger partial charge is 0.496 e. The second-order valence-corrected chi connectivity index (χ2v) is 8.02. The number of likely N-dealkylation sites (N-methyl/N-ethyl adjacent to an activating group) is 1. The van der Waals surface area contributed by atoms with E-state index in [9.17, 15) is 9.59 Å². The topological polar surface area (TPSA) is 74.8 Å². The molecule has 0 saturated carbocycles. The Morgan fingerprint density at radius 1 is 1.09 bits per heavy atom. The van der Waals surface area contributed by atoms with Gasteiger partial charge >= 0.3 is 0 Å². The van der Waals surface area contributed by atoms with Crippen molar-refractivity contribution in [3.63, 3.8) is 0 Å². The van der Waals surface area contributed by atoms with Gasteiger partial charge in [-0.25, -0.2) is 4.98 Å². The molecule has 2 amide bonds. The smallest absolute Gasteiger partial charge is 0.254 e. The number of aromatic nitrogens is 1. The molecule has 1 aromatic heterocycles. The molecule has 7 nitrogen and oxygen atoms in total. The number of hydrogen-bond acceptors (Lipinski definition) is 5. The van der Waals surface area contributed by atoms with Crippen LogP contribution in [0.15, 0.2) is 66.9 Å². The van der Waals surface area contributed by atoms with Gasteiger partial charge in [-0.2, -0.15) is 0 Å². The summed E-state index contributed by atoms with van der Waals surface area (Å²) >= 11 is 0. The van der Waals surface area contributed by atoms with Crippen molar-refractivity contribution < 1.29 is 14.3 Å². The predicted molar refractivity (Wildman–Crippen MR) is 128 cm³/mol. The molecule has 0 aliphatic carbocycles. The number of anilines is 1. The van der Waals surface area contributed by atoms with E-state index in [2.05, 4.69) is 10.3 Å². The molecule has 1 aliphatic rings. The van der Waals surface area contributed by atoms with Gasteiger partial charge in [-0.3, -0.25) is 9.59 Å². The van der Waals surface area contributed by atoms with E-state index in [1.807, 2.05) is 48.5 Å². The van der Waals surface area contributed by atoms with Crippen LogP contribution in [-0.2, 0) is 11.2 Å². The van der Waals surface area contributed by atoms with Crippen molar-refractivity contribution in [2.24, 2.45) is 0 Å². The molecular weight excluding hydrogens is 416 g/mol. The number of rotatable bonds is 6. The van der Waals surface area contributed by atoms with Crippen LogP contribution in [-0.4, -0.2) is 66.9 Å². The number of benzene rings is 2. The SMILES string of the molecule is CNc1cc(C(=O)N2CCN(C)C(=O)[C@H]2Cc2ccccc2-c2ccccc2OC)ccn1. The third-order valence-corrected chi connectivity index (χ3v) is 6.07. The highest BCUT2D eigenvalue weighted by Gasteiger charge is 2.37. The standard InChI is InChI=1S/C26H28N4O3/c1-27-24-17-19(12-13-28-24)25(31)30-15-14-29(2)26(32)22(30)16-18-8-4-5-9-20(18)21-10-6-7-11-23(21)33-3/h4-13,17,22H,14-16H2,1-3H3,(H,27,28)/t22-/m1/s1. The molecule has 33 heavy (non-hydrogen) atoms. The molecular formula is C26H28N4O3. The molecule has 7 heteroatoms. The lowest BCUT2D eigenvalue weighted by Crippen LogP contribution is -2.58. The minimum atomic E-state index is -0.599. The van der Waals surface area contributed by atoms with Crippen LogP contribution in [0.1, 0.15) is 15.9 Å². The molecule has 2 heterocycles. The zero-order valence-corrected chi connectivity index (χ0v) is 19.1. The third-order valence-electron chi connectivity index (χ3n) is 6.07. The van der Waals surface area contributed by atoms with Gasteiger partial charge in [-0.05, 0) is 29.3 Å².